The van der Waals surface area contributed by atoms with Gasteiger partial charge in [0.05, 0.1) is 12.2 Å². The molecule has 1 saturated heterocycles. The summed E-state index contributed by atoms with van der Waals surface area (Å²) in [5.74, 6) is 2.75. The molecule has 35 heavy (non-hydrogen) atoms. The van der Waals surface area contributed by atoms with Crippen LogP contribution in [0.3, 0.4) is 0 Å². The van der Waals surface area contributed by atoms with Crippen LogP contribution >= 0.6 is 0 Å². The van der Waals surface area contributed by atoms with Crippen molar-refractivity contribution in [1.82, 2.24) is 15.1 Å². The average Bonchev–Trinajstić information content (AvgIpc) is 2.81. The van der Waals surface area contributed by atoms with Gasteiger partial charge < -0.3 is 25.0 Å². The Kier molecular flexibility index (Phi) is 6.73. The summed E-state index contributed by atoms with van der Waals surface area (Å²) in [6, 6.07) is 7.95. The maximum Gasteiger partial charge on any atom is 0.317 e. The van der Waals surface area contributed by atoms with Gasteiger partial charge in [-0.15, -0.1) is 0 Å². The van der Waals surface area contributed by atoms with Gasteiger partial charge in [-0.05, 0) is 107 Å². The molecule has 1 heterocycles. The molecule has 5 aliphatic rings. The summed E-state index contributed by atoms with van der Waals surface area (Å²) in [4.78, 5) is 29.3. The van der Waals surface area contributed by atoms with Crippen LogP contribution in [0.5, 0.6) is 5.75 Å². The molecule has 4 saturated carbocycles. The number of benzene rings is 1. The van der Waals surface area contributed by atoms with Crippen LogP contribution in [0.1, 0.15) is 69.2 Å². The first-order valence-electron chi connectivity index (χ1n) is 13.5. The van der Waals surface area contributed by atoms with E-state index in [2.05, 4.69) is 5.32 Å². The van der Waals surface area contributed by atoms with Gasteiger partial charge in [0.1, 0.15) is 5.75 Å². The minimum absolute atomic E-state index is 0.0223. The lowest BCUT2D eigenvalue weighted by atomic mass is 9.52. The standard InChI is InChI=1S/C28H41N3O4/c1-18(2)29-27(33)31-10-8-19(9-11-31)17-35-24-6-4-21(5-7-24)26(32)30(3)25-22-12-20-13-23(25)16-28(34,14-20)15-22/h4-7,18-20,22-23,25,34H,8-17H2,1-3H3,(H,29,33). The second kappa shape index (κ2) is 9.64. The summed E-state index contributed by atoms with van der Waals surface area (Å²) in [5, 5.41) is 13.8. The van der Waals surface area contributed by atoms with E-state index < -0.39 is 5.60 Å². The van der Waals surface area contributed by atoms with Gasteiger partial charge in [0, 0.05) is 37.8 Å². The number of ether oxygens (including phenoxy) is 1. The Morgan fingerprint density at radius 1 is 1.11 bits per heavy atom. The first-order chi connectivity index (χ1) is 16.7. The zero-order valence-corrected chi connectivity index (χ0v) is 21.4. The summed E-state index contributed by atoms with van der Waals surface area (Å²) < 4.78 is 6.03. The number of rotatable bonds is 6. The lowest BCUT2D eigenvalue weighted by molar-refractivity contribution is -0.152. The highest BCUT2D eigenvalue weighted by Crippen LogP contribution is 2.56. The largest absolute Gasteiger partial charge is 0.493 e. The summed E-state index contributed by atoms with van der Waals surface area (Å²) in [6.45, 7) is 6.09. The van der Waals surface area contributed by atoms with Gasteiger partial charge in [-0.1, -0.05) is 0 Å². The molecule has 4 bridgehead atoms. The minimum atomic E-state index is -0.479. The number of nitrogens with one attached hydrogen (secondary N) is 1. The van der Waals surface area contributed by atoms with Crippen LogP contribution in [0.4, 0.5) is 4.79 Å². The molecule has 7 heteroatoms. The summed E-state index contributed by atoms with van der Waals surface area (Å²) in [7, 11) is 1.94. The van der Waals surface area contributed by atoms with Gasteiger partial charge in [-0.2, -0.15) is 0 Å². The summed E-state index contributed by atoms with van der Waals surface area (Å²) >= 11 is 0. The molecular formula is C28H41N3O4. The van der Waals surface area contributed by atoms with Crippen molar-refractivity contribution in [3.63, 3.8) is 0 Å². The Morgan fingerprint density at radius 2 is 1.74 bits per heavy atom. The second-order valence-electron chi connectivity index (χ2n) is 12.0. The minimum Gasteiger partial charge on any atom is -0.493 e. The number of hydrogen-bond donors (Lipinski definition) is 2. The van der Waals surface area contributed by atoms with E-state index in [-0.39, 0.29) is 24.0 Å². The van der Waals surface area contributed by atoms with Gasteiger partial charge >= 0.3 is 6.03 Å². The molecule has 7 nitrogen and oxygen atoms in total. The molecule has 5 fully saturated rings. The van der Waals surface area contributed by atoms with E-state index >= 15 is 0 Å². The fourth-order valence-corrected chi connectivity index (χ4v) is 7.47. The SMILES string of the molecule is CC(C)NC(=O)N1CCC(COc2ccc(C(=O)N(C)C3C4CC5CC3CC(O)(C5)C4)cc2)CC1. The molecular weight excluding hydrogens is 442 g/mol. The molecule has 0 aromatic heterocycles. The number of carbonyl (C=O) groups is 2. The van der Waals surface area contributed by atoms with Crippen molar-refractivity contribution in [1.29, 1.82) is 0 Å². The Balaban J connectivity index is 1.11. The van der Waals surface area contributed by atoms with Crippen LogP contribution in [-0.4, -0.2) is 71.3 Å². The maximum absolute atomic E-state index is 13.3. The summed E-state index contributed by atoms with van der Waals surface area (Å²) in [5.41, 5.74) is 0.212. The first-order valence-corrected chi connectivity index (χ1v) is 13.5. The van der Waals surface area contributed by atoms with Gasteiger partial charge in [0.2, 0.25) is 0 Å². The zero-order chi connectivity index (χ0) is 24.7. The molecule has 0 spiro atoms. The van der Waals surface area contributed by atoms with E-state index in [1.807, 2.05) is 55.0 Å². The third-order valence-electron chi connectivity index (χ3n) is 8.86. The van der Waals surface area contributed by atoms with E-state index in [1.54, 1.807) is 0 Å². The molecule has 4 aliphatic carbocycles. The molecule has 2 N–H and O–H groups in total. The average molecular weight is 484 g/mol. The van der Waals surface area contributed by atoms with Crippen molar-refractivity contribution in [2.45, 2.75) is 76.5 Å². The molecule has 2 unspecified atom stereocenters. The fourth-order valence-electron chi connectivity index (χ4n) is 7.47. The number of likely N-dealkylation sites (tertiary alicyclic amines) is 1. The number of piperidine rings is 1. The van der Waals surface area contributed by atoms with E-state index in [0.717, 1.165) is 63.8 Å². The Morgan fingerprint density at radius 3 is 2.31 bits per heavy atom. The predicted molar refractivity (Wildman–Crippen MR) is 134 cm³/mol. The third-order valence-corrected chi connectivity index (χ3v) is 8.86. The number of carbonyl (C=O) groups excluding carboxylic acids is 2. The quantitative estimate of drug-likeness (QED) is 0.643. The Labute approximate surface area is 209 Å². The van der Waals surface area contributed by atoms with Gasteiger partial charge in [-0.3, -0.25) is 4.79 Å². The number of urea groups is 1. The molecule has 0 radical (unpaired) electrons. The van der Waals surface area contributed by atoms with Crippen LogP contribution in [0.2, 0.25) is 0 Å². The molecule has 6 rings (SSSR count). The maximum atomic E-state index is 13.3. The number of nitrogens with zero attached hydrogens (tertiary/aromatic N) is 2. The number of hydrogen-bond acceptors (Lipinski definition) is 4. The van der Waals surface area contributed by atoms with E-state index in [9.17, 15) is 14.7 Å². The number of aliphatic hydroxyl groups is 1. The Bertz CT molecular complexity index is 909. The molecule has 1 aromatic carbocycles. The first kappa shape index (κ1) is 24.4. The predicted octanol–water partition coefficient (Wildman–Crippen LogP) is 3.91. The lowest BCUT2D eigenvalue weighted by Crippen LogP contribution is -2.61. The second-order valence-corrected chi connectivity index (χ2v) is 12.0. The van der Waals surface area contributed by atoms with Crippen LogP contribution in [0.25, 0.3) is 0 Å². The van der Waals surface area contributed by atoms with Crippen LogP contribution in [-0.2, 0) is 0 Å². The molecule has 1 aliphatic heterocycles. The number of amides is 3. The van der Waals surface area contributed by atoms with Crippen molar-refractivity contribution in [3.05, 3.63) is 29.8 Å². The van der Waals surface area contributed by atoms with Crippen molar-refractivity contribution >= 4 is 11.9 Å². The van der Waals surface area contributed by atoms with E-state index in [1.165, 1.54) is 0 Å². The molecule has 192 valence electrons. The fraction of sp³-hybridized carbons (Fsp3) is 0.714. The zero-order valence-electron chi connectivity index (χ0n) is 21.4. The highest BCUT2D eigenvalue weighted by Gasteiger charge is 2.56. The monoisotopic (exact) mass is 483 g/mol. The van der Waals surface area contributed by atoms with Crippen molar-refractivity contribution in [2.24, 2.45) is 23.7 Å². The topological polar surface area (TPSA) is 82.1 Å². The van der Waals surface area contributed by atoms with Crippen molar-refractivity contribution in [2.75, 3.05) is 26.7 Å². The highest BCUT2D eigenvalue weighted by atomic mass is 16.5. The normalized spacial score (nSPS) is 32.1. The Hall–Kier alpha value is -2.28. The third kappa shape index (κ3) is 5.16. The van der Waals surface area contributed by atoms with Crippen LogP contribution < -0.4 is 10.1 Å². The summed E-state index contributed by atoms with van der Waals surface area (Å²) in [6.07, 6.45) is 6.81. The molecule has 3 amide bonds. The molecule has 2 atom stereocenters. The smallest absolute Gasteiger partial charge is 0.317 e. The van der Waals surface area contributed by atoms with E-state index in [4.69, 9.17) is 4.74 Å². The van der Waals surface area contributed by atoms with Gasteiger partial charge in [-0.25, -0.2) is 4.79 Å². The molecule has 1 aromatic rings. The van der Waals surface area contributed by atoms with Crippen molar-refractivity contribution in [3.8, 4) is 5.75 Å². The lowest BCUT2D eigenvalue weighted by Gasteiger charge is -2.59. The van der Waals surface area contributed by atoms with Crippen LogP contribution in [0, 0.1) is 23.7 Å². The van der Waals surface area contributed by atoms with E-state index in [0.29, 0.717) is 35.8 Å². The highest BCUT2D eigenvalue weighted by molar-refractivity contribution is 5.94. The van der Waals surface area contributed by atoms with Gasteiger partial charge in [0.25, 0.3) is 5.91 Å². The van der Waals surface area contributed by atoms with Crippen molar-refractivity contribution < 1.29 is 19.4 Å². The van der Waals surface area contributed by atoms with Crippen LogP contribution in [0.15, 0.2) is 24.3 Å². The van der Waals surface area contributed by atoms with Gasteiger partial charge in [0.15, 0.2) is 0 Å².